The predicted molar refractivity (Wildman–Crippen MR) is 101 cm³/mol. The zero-order chi connectivity index (χ0) is 18.7. The molecule has 0 unspecified atom stereocenters. The summed E-state index contributed by atoms with van der Waals surface area (Å²) in [6, 6.07) is 10.7. The van der Waals surface area contributed by atoms with Crippen LogP contribution in [0.25, 0.3) is 5.69 Å². The Morgan fingerprint density at radius 2 is 1.96 bits per heavy atom. The van der Waals surface area contributed by atoms with Gasteiger partial charge in [-0.05, 0) is 50.1 Å². The molecule has 0 saturated carbocycles. The lowest BCUT2D eigenvalue weighted by atomic mass is 10.1. The van der Waals surface area contributed by atoms with E-state index in [4.69, 9.17) is 0 Å². The predicted octanol–water partition coefficient (Wildman–Crippen LogP) is 4.06. The molecule has 2 aromatic carbocycles. The summed E-state index contributed by atoms with van der Waals surface area (Å²) in [6.07, 6.45) is 1.63. The van der Waals surface area contributed by atoms with Gasteiger partial charge in [0, 0.05) is 5.69 Å². The summed E-state index contributed by atoms with van der Waals surface area (Å²) in [5.41, 5.74) is 4.24. The molecule has 0 atom stereocenters. The minimum absolute atomic E-state index is 0.152. The van der Waals surface area contributed by atoms with Crippen molar-refractivity contribution in [1.82, 2.24) is 14.8 Å². The standard InChI is InChI=1S/C19H19FN4OS/c1-12-4-7-17(14(3)8-12)24-11-21-23-19(24)26-10-18(25)22-15-6-5-13(2)16(20)9-15/h4-9,11H,10H2,1-3H3,(H,22,25). The highest BCUT2D eigenvalue weighted by Gasteiger charge is 2.12. The molecular weight excluding hydrogens is 351 g/mol. The second kappa shape index (κ2) is 7.70. The maximum atomic E-state index is 13.6. The maximum absolute atomic E-state index is 13.6. The number of nitrogens with zero attached hydrogens (tertiary/aromatic N) is 3. The number of aryl methyl sites for hydroxylation is 3. The van der Waals surface area contributed by atoms with Crippen LogP contribution in [-0.4, -0.2) is 26.4 Å². The average molecular weight is 370 g/mol. The number of carbonyl (C=O) groups excluding carboxylic acids is 1. The number of carbonyl (C=O) groups is 1. The fourth-order valence-electron chi connectivity index (χ4n) is 2.56. The number of amides is 1. The molecule has 0 aliphatic rings. The summed E-state index contributed by atoms with van der Waals surface area (Å²) in [6.45, 7) is 5.74. The summed E-state index contributed by atoms with van der Waals surface area (Å²) in [5.74, 6) is -0.419. The van der Waals surface area contributed by atoms with E-state index in [1.165, 1.54) is 23.4 Å². The number of nitrogens with one attached hydrogen (secondary N) is 1. The highest BCUT2D eigenvalue weighted by molar-refractivity contribution is 7.99. The van der Waals surface area contributed by atoms with E-state index in [1.54, 1.807) is 25.4 Å². The Morgan fingerprint density at radius 1 is 1.15 bits per heavy atom. The molecule has 1 amide bonds. The van der Waals surface area contributed by atoms with Crippen molar-refractivity contribution in [2.45, 2.75) is 25.9 Å². The van der Waals surface area contributed by atoms with E-state index in [2.05, 4.69) is 21.6 Å². The van der Waals surface area contributed by atoms with E-state index in [0.717, 1.165) is 11.3 Å². The van der Waals surface area contributed by atoms with Gasteiger partial charge in [0.1, 0.15) is 12.1 Å². The van der Waals surface area contributed by atoms with Crippen LogP contribution in [0.15, 0.2) is 47.9 Å². The third kappa shape index (κ3) is 4.11. The smallest absolute Gasteiger partial charge is 0.234 e. The van der Waals surface area contributed by atoms with Crippen LogP contribution < -0.4 is 5.32 Å². The second-order valence-corrected chi connectivity index (χ2v) is 7.02. The van der Waals surface area contributed by atoms with Gasteiger partial charge in [-0.25, -0.2) is 4.39 Å². The minimum Gasteiger partial charge on any atom is -0.325 e. The van der Waals surface area contributed by atoms with Crippen LogP contribution in [0.3, 0.4) is 0 Å². The van der Waals surface area contributed by atoms with Gasteiger partial charge in [-0.15, -0.1) is 10.2 Å². The number of aromatic nitrogens is 3. The molecule has 1 aromatic heterocycles. The number of hydrogen-bond donors (Lipinski definition) is 1. The minimum atomic E-state index is -0.343. The first kappa shape index (κ1) is 18.1. The van der Waals surface area contributed by atoms with Gasteiger partial charge >= 0.3 is 0 Å². The van der Waals surface area contributed by atoms with Crippen LogP contribution in [0.1, 0.15) is 16.7 Å². The highest BCUT2D eigenvalue weighted by atomic mass is 32.2. The third-order valence-electron chi connectivity index (χ3n) is 3.92. The summed E-state index contributed by atoms with van der Waals surface area (Å²) in [4.78, 5) is 12.2. The average Bonchev–Trinajstić information content (AvgIpc) is 3.05. The Labute approximate surface area is 155 Å². The van der Waals surface area contributed by atoms with Gasteiger partial charge in [-0.1, -0.05) is 35.5 Å². The molecule has 1 N–H and O–H groups in total. The molecule has 0 aliphatic carbocycles. The normalized spacial score (nSPS) is 10.8. The molecule has 0 radical (unpaired) electrons. The second-order valence-electron chi connectivity index (χ2n) is 6.07. The van der Waals surface area contributed by atoms with Crippen molar-refractivity contribution in [1.29, 1.82) is 0 Å². The Bertz CT molecular complexity index is 954. The van der Waals surface area contributed by atoms with Gasteiger partial charge in [-0.3, -0.25) is 9.36 Å². The molecule has 0 bridgehead atoms. The van der Waals surface area contributed by atoms with Crippen molar-refractivity contribution in [3.05, 3.63) is 65.2 Å². The van der Waals surface area contributed by atoms with Gasteiger partial charge in [0.15, 0.2) is 5.16 Å². The SMILES string of the molecule is Cc1ccc(-n2cnnc2SCC(=O)Nc2ccc(C)c(F)c2)c(C)c1. The van der Waals surface area contributed by atoms with Crippen molar-refractivity contribution in [2.75, 3.05) is 11.1 Å². The summed E-state index contributed by atoms with van der Waals surface area (Å²) >= 11 is 1.28. The molecule has 5 nitrogen and oxygen atoms in total. The van der Waals surface area contributed by atoms with Gasteiger partial charge < -0.3 is 5.32 Å². The molecular formula is C19H19FN4OS. The number of rotatable bonds is 5. The molecule has 0 fully saturated rings. The van der Waals surface area contributed by atoms with Crippen molar-refractivity contribution >= 4 is 23.4 Å². The summed E-state index contributed by atoms with van der Waals surface area (Å²) < 4.78 is 15.4. The van der Waals surface area contributed by atoms with Gasteiger partial charge in [0.05, 0.1) is 11.4 Å². The molecule has 7 heteroatoms. The number of halogens is 1. The van der Waals surface area contributed by atoms with E-state index in [9.17, 15) is 9.18 Å². The largest absolute Gasteiger partial charge is 0.325 e. The quantitative estimate of drug-likeness (QED) is 0.688. The number of anilines is 1. The zero-order valence-electron chi connectivity index (χ0n) is 14.8. The van der Waals surface area contributed by atoms with Crippen LogP contribution in [0.5, 0.6) is 0 Å². The highest BCUT2D eigenvalue weighted by Crippen LogP contribution is 2.23. The lowest BCUT2D eigenvalue weighted by Crippen LogP contribution is -2.14. The van der Waals surface area contributed by atoms with Crippen LogP contribution in [0, 0.1) is 26.6 Å². The van der Waals surface area contributed by atoms with Crippen molar-refractivity contribution in [3.63, 3.8) is 0 Å². The Morgan fingerprint density at radius 3 is 2.69 bits per heavy atom. The Balaban J connectivity index is 1.68. The van der Waals surface area contributed by atoms with Crippen molar-refractivity contribution < 1.29 is 9.18 Å². The molecule has 26 heavy (non-hydrogen) atoms. The molecule has 0 saturated heterocycles. The Kier molecular flexibility index (Phi) is 5.37. The first-order valence-electron chi connectivity index (χ1n) is 8.10. The van der Waals surface area contributed by atoms with E-state index in [1.807, 2.05) is 30.5 Å². The molecule has 0 aliphatic heterocycles. The van der Waals surface area contributed by atoms with Crippen LogP contribution in [-0.2, 0) is 4.79 Å². The first-order valence-corrected chi connectivity index (χ1v) is 9.09. The maximum Gasteiger partial charge on any atom is 0.234 e. The topological polar surface area (TPSA) is 59.8 Å². The van der Waals surface area contributed by atoms with Crippen LogP contribution >= 0.6 is 11.8 Å². The first-order chi connectivity index (χ1) is 12.4. The summed E-state index contributed by atoms with van der Waals surface area (Å²) in [5, 5.41) is 11.4. The van der Waals surface area contributed by atoms with E-state index in [0.29, 0.717) is 16.4 Å². The molecule has 3 aromatic rings. The number of thioether (sulfide) groups is 1. The third-order valence-corrected chi connectivity index (χ3v) is 4.86. The van der Waals surface area contributed by atoms with E-state index < -0.39 is 0 Å². The van der Waals surface area contributed by atoms with Crippen molar-refractivity contribution in [2.24, 2.45) is 0 Å². The lowest BCUT2D eigenvalue weighted by Gasteiger charge is -2.10. The molecule has 3 rings (SSSR count). The monoisotopic (exact) mass is 370 g/mol. The van der Waals surface area contributed by atoms with Gasteiger partial charge in [0.25, 0.3) is 0 Å². The Hall–Kier alpha value is -2.67. The molecule has 134 valence electrons. The molecule has 1 heterocycles. The van der Waals surface area contributed by atoms with Gasteiger partial charge in [0.2, 0.25) is 5.91 Å². The van der Waals surface area contributed by atoms with Crippen LogP contribution in [0.2, 0.25) is 0 Å². The summed E-state index contributed by atoms with van der Waals surface area (Å²) in [7, 11) is 0. The van der Waals surface area contributed by atoms with Crippen LogP contribution in [0.4, 0.5) is 10.1 Å². The van der Waals surface area contributed by atoms with Gasteiger partial charge in [-0.2, -0.15) is 0 Å². The molecule has 0 spiro atoms. The fourth-order valence-corrected chi connectivity index (χ4v) is 3.28. The van der Waals surface area contributed by atoms with E-state index in [-0.39, 0.29) is 17.5 Å². The number of benzene rings is 2. The lowest BCUT2D eigenvalue weighted by molar-refractivity contribution is -0.113. The zero-order valence-corrected chi connectivity index (χ0v) is 15.6. The van der Waals surface area contributed by atoms with E-state index >= 15 is 0 Å². The fraction of sp³-hybridized carbons (Fsp3) is 0.211. The number of hydrogen-bond acceptors (Lipinski definition) is 4. The van der Waals surface area contributed by atoms with Crippen molar-refractivity contribution in [3.8, 4) is 5.69 Å².